The Hall–Kier alpha value is -1.83. The van der Waals surface area contributed by atoms with E-state index < -0.39 is 5.97 Å². The summed E-state index contributed by atoms with van der Waals surface area (Å²) in [5.74, 6) is -0.283. The second kappa shape index (κ2) is 7.59. The number of halogens is 1. The van der Waals surface area contributed by atoms with Gasteiger partial charge in [0.2, 0.25) is 0 Å². The molecule has 6 nitrogen and oxygen atoms in total. The first-order chi connectivity index (χ1) is 12.0. The van der Waals surface area contributed by atoms with Gasteiger partial charge in [-0.05, 0) is 25.2 Å². The first kappa shape index (κ1) is 18.0. The molecule has 0 saturated carbocycles. The summed E-state index contributed by atoms with van der Waals surface area (Å²) < 4.78 is 5.18. The van der Waals surface area contributed by atoms with Crippen molar-refractivity contribution >= 4 is 34.0 Å². The molecule has 0 spiro atoms. The lowest BCUT2D eigenvalue weighted by Gasteiger charge is -2.32. The number of rotatable bonds is 5. The van der Waals surface area contributed by atoms with Crippen molar-refractivity contribution < 1.29 is 14.6 Å². The topological polar surface area (TPSA) is 65.9 Å². The zero-order valence-electron chi connectivity index (χ0n) is 14.2. The van der Waals surface area contributed by atoms with Crippen LogP contribution in [-0.4, -0.2) is 61.3 Å². The Labute approximate surface area is 155 Å². The minimum atomic E-state index is -0.866. The molecule has 2 aromatic rings. The molecule has 1 aliphatic rings. The van der Waals surface area contributed by atoms with E-state index in [9.17, 15) is 9.90 Å². The van der Waals surface area contributed by atoms with Crippen molar-refractivity contribution in [2.45, 2.75) is 6.42 Å². The third kappa shape index (κ3) is 4.05. The zero-order chi connectivity index (χ0) is 18.0. The number of hydrogen-bond donors (Lipinski definition) is 1. The number of carboxylic acids is 1. The number of carbonyl (C=O) groups is 1. The summed E-state index contributed by atoms with van der Waals surface area (Å²) in [6.07, 6.45) is -0.0512. The highest BCUT2D eigenvalue weighted by atomic mass is 35.5. The minimum absolute atomic E-state index is 0.0512. The number of anilines is 1. The Morgan fingerprint density at radius 2 is 2.08 bits per heavy atom. The van der Waals surface area contributed by atoms with Gasteiger partial charge in [-0.2, -0.15) is 0 Å². The number of methoxy groups -OCH3 is 1. The Bertz CT molecular complexity index is 772. The standard InChI is InChI=1S/C17H20ClN3O3S/c1-20-5-7-21(8-6-20)17-19-16(14(25-17)10-15(22)23)11-3-4-13(24-2)12(18)9-11/h3-4,9H,5-8,10H2,1-2H3,(H,22,23). The molecule has 1 aromatic heterocycles. The Morgan fingerprint density at radius 3 is 2.68 bits per heavy atom. The van der Waals surface area contributed by atoms with Crippen LogP contribution in [0.1, 0.15) is 4.88 Å². The summed E-state index contributed by atoms with van der Waals surface area (Å²) in [4.78, 5) is 21.2. The summed E-state index contributed by atoms with van der Waals surface area (Å²) in [5.41, 5.74) is 1.49. The van der Waals surface area contributed by atoms with Gasteiger partial charge in [0.25, 0.3) is 0 Å². The summed E-state index contributed by atoms with van der Waals surface area (Å²) in [5, 5.41) is 10.6. The molecule has 134 valence electrons. The summed E-state index contributed by atoms with van der Waals surface area (Å²) in [6.45, 7) is 3.72. The third-order valence-electron chi connectivity index (χ3n) is 4.20. The quantitative estimate of drug-likeness (QED) is 0.859. The molecule has 1 fully saturated rings. The van der Waals surface area contributed by atoms with Crippen LogP contribution in [0.5, 0.6) is 5.75 Å². The average molecular weight is 382 g/mol. The van der Waals surface area contributed by atoms with E-state index >= 15 is 0 Å². The van der Waals surface area contributed by atoms with Gasteiger partial charge < -0.3 is 19.6 Å². The first-order valence-electron chi connectivity index (χ1n) is 7.97. The van der Waals surface area contributed by atoms with E-state index in [2.05, 4.69) is 16.8 Å². The smallest absolute Gasteiger partial charge is 0.308 e. The lowest BCUT2D eigenvalue weighted by Crippen LogP contribution is -2.44. The van der Waals surface area contributed by atoms with Crippen molar-refractivity contribution in [2.24, 2.45) is 0 Å². The number of piperazine rings is 1. The predicted octanol–water partition coefficient (Wildman–Crippen LogP) is 2.85. The Morgan fingerprint density at radius 1 is 1.36 bits per heavy atom. The van der Waals surface area contributed by atoms with Crippen LogP contribution in [0.25, 0.3) is 11.3 Å². The summed E-state index contributed by atoms with van der Waals surface area (Å²) >= 11 is 7.67. The van der Waals surface area contributed by atoms with Crippen LogP contribution in [0.4, 0.5) is 5.13 Å². The number of hydrogen-bond acceptors (Lipinski definition) is 6. The molecular weight excluding hydrogens is 362 g/mol. The van der Waals surface area contributed by atoms with Crippen LogP contribution < -0.4 is 9.64 Å². The average Bonchev–Trinajstić information content (AvgIpc) is 2.98. The fraction of sp³-hybridized carbons (Fsp3) is 0.412. The van der Waals surface area contributed by atoms with Crippen LogP contribution in [0.2, 0.25) is 5.02 Å². The molecule has 25 heavy (non-hydrogen) atoms. The number of ether oxygens (including phenoxy) is 1. The molecule has 3 rings (SSSR count). The minimum Gasteiger partial charge on any atom is -0.495 e. The third-order valence-corrected chi connectivity index (χ3v) is 5.61. The van der Waals surface area contributed by atoms with E-state index in [0.29, 0.717) is 16.5 Å². The van der Waals surface area contributed by atoms with Gasteiger partial charge in [-0.15, -0.1) is 11.3 Å². The molecule has 1 saturated heterocycles. The van der Waals surface area contributed by atoms with E-state index in [0.717, 1.165) is 41.8 Å². The predicted molar refractivity (Wildman–Crippen MR) is 100 cm³/mol. The maximum Gasteiger partial charge on any atom is 0.308 e. The van der Waals surface area contributed by atoms with Crippen LogP contribution in [0.3, 0.4) is 0 Å². The highest BCUT2D eigenvalue weighted by Gasteiger charge is 2.22. The van der Waals surface area contributed by atoms with Gasteiger partial charge in [0.05, 0.1) is 24.2 Å². The van der Waals surface area contributed by atoms with E-state index in [1.807, 2.05) is 6.07 Å². The number of nitrogens with zero attached hydrogens (tertiary/aromatic N) is 3. The van der Waals surface area contributed by atoms with E-state index in [4.69, 9.17) is 21.3 Å². The van der Waals surface area contributed by atoms with Gasteiger partial charge in [-0.1, -0.05) is 11.6 Å². The molecule has 8 heteroatoms. The van der Waals surface area contributed by atoms with Crippen molar-refractivity contribution in [3.05, 3.63) is 28.1 Å². The van der Waals surface area contributed by atoms with E-state index in [1.54, 1.807) is 19.2 Å². The highest BCUT2D eigenvalue weighted by Crippen LogP contribution is 2.37. The molecule has 1 aliphatic heterocycles. The molecule has 1 N–H and O–H groups in total. The molecule has 0 unspecified atom stereocenters. The van der Waals surface area contributed by atoms with Gasteiger partial charge in [-0.3, -0.25) is 4.79 Å². The molecule has 0 radical (unpaired) electrons. The lowest BCUT2D eigenvalue weighted by atomic mass is 10.1. The molecule has 0 atom stereocenters. The Kier molecular flexibility index (Phi) is 5.46. The van der Waals surface area contributed by atoms with Gasteiger partial charge in [0.1, 0.15) is 5.75 Å². The monoisotopic (exact) mass is 381 g/mol. The van der Waals surface area contributed by atoms with Crippen molar-refractivity contribution in [2.75, 3.05) is 45.2 Å². The number of aromatic nitrogens is 1. The van der Waals surface area contributed by atoms with Crippen molar-refractivity contribution in [3.63, 3.8) is 0 Å². The lowest BCUT2D eigenvalue weighted by molar-refractivity contribution is -0.136. The number of aliphatic carboxylic acids is 1. The number of likely N-dealkylation sites (N-methyl/N-ethyl adjacent to an activating group) is 1. The summed E-state index contributed by atoms with van der Waals surface area (Å²) in [7, 11) is 3.66. The molecule has 0 bridgehead atoms. The molecule has 1 aromatic carbocycles. The maximum atomic E-state index is 11.3. The van der Waals surface area contributed by atoms with E-state index in [-0.39, 0.29) is 6.42 Å². The van der Waals surface area contributed by atoms with Gasteiger partial charge in [0, 0.05) is 36.6 Å². The normalized spacial score (nSPS) is 15.4. The van der Waals surface area contributed by atoms with Gasteiger partial charge in [-0.25, -0.2) is 4.98 Å². The van der Waals surface area contributed by atoms with Crippen molar-refractivity contribution in [1.82, 2.24) is 9.88 Å². The van der Waals surface area contributed by atoms with Crippen LogP contribution in [0.15, 0.2) is 18.2 Å². The largest absolute Gasteiger partial charge is 0.495 e. The van der Waals surface area contributed by atoms with Gasteiger partial charge in [0.15, 0.2) is 5.13 Å². The van der Waals surface area contributed by atoms with Crippen molar-refractivity contribution in [3.8, 4) is 17.0 Å². The number of thiazole rings is 1. The van der Waals surface area contributed by atoms with Crippen LogP contribution in [0, 0.1) is 0 Å². The number of carboxylic acid groups (broad SMARTS) is 1. The second-order valence-corrected chi connectivity index (χ2v) is 7.45. The SMILES string of the molecule is COc1ccc(-c2nc(N3CCN(C)CC3)sc2CC(=O)O)cc1Cl. The van der Waals surface area contributed by atoms with Crippen molar-refractivity contribution in [1.29, 1.82) is 0 Å². The highest BCUT2D eigenvalue weighted by molar-refractivity contribution is 7.16. The fourth-order valence-electron chi connectivity index (χ4n) is 2.77. The molecule has 2 heterocycles. The van der Waals surface area contributed by atoms with Gasteiger partial charge >= 0.3 is 5.97 Å². The number of benzene rings is 1. The zero-order valence-corrected chi connectivity index (χ0v) is 15.7. The fourth-order valence-corrected chi connectivity index (χ4v) is 4.15. The van der Waals surface area contributed by atoms with E-state index in [1.165, 1.54) is 11.3 Å². The second-order valence-electron chi connectivity index (χ2n) is 5.98. The molecule has 0 amide bonds. The maximum absolute atomic E-state index is 11.3. The Balaban J connectivity index is 1.96. The summed E-state index contributed by atoms with van der Waals surface area (Å²) in [6, 6.07) is 5.41. The molecular formula is C17H20ClN3O3S. The first-order valence-corrected chi connectivity index (χ1v) is 9.16. The molecule has 0 aliphatic carbocycles. The van der Waals surface area contributed by atoms with Crippen LogP contribution >= 0.6 is 22.9 Å². The van der Waals surface area contributed by atoms with Crippen LogP contribution in [-0.2, 0) is 11.2 Å².